The number of carboxylic acids is 1. The Morgan fingerprint density at radius 3 is 2.71 bits per heavy atom. The van der Waals surface area contributed by atoms with E-state index in [1.165, 1.54) is 38.8 Å². The number of benzene rings is 1. The van der Waals surface area contributed by atoms with E-state index in [0.29, 0.717) is 12.2 Å². The number of carboxylic acid groups (broad SMARTS) is 1. The smallest absolute Gasteiger partial charge is 0.328 e. The van der Waals surface area contributed by atoms with Gasteiger partial charge >= 0.3 is 5.97 Å². The Hall–Kier alpha value is -2.14. The molecule has 1 aromatic heterocycles. The molecule has 0 aliphatic carbocycles. The summed E-state index contributed by atoms with van der Waals surface area (Å²) in [5.74, 6) is -0.293. The third kappa shape index (κ3) is 4.45. The zero-order valence-electron chi connectivity index (χ0n) is 14.4. The lowest BCUT2D eigenvalue weighted by Crippen LogP contribution is -2.41. The summed E-state index contributed by atoms with van der Waals surface area (Å²) in [6.45, 7) is 4.37. The maximum Gasteiger partial charge on any atom is 0.328 e. The molecular weight excluding hydrogens is 304 g/mol. The minimum absolute atomic E-state index is 0.479. The maximum atomic E-state index is 11.3. The molecule has 3 N–H and O–H groups in total. The molecule has 0 spiro atoms. The summed E-state index contributed by atoms with van der Waals surface area (Å²) in [7, 11) is 0. The van der Waals surface area contributed by atoms with Crippen LogP contribution < -0.4 is 10.5 Å². The first-order chi connectivity index (χ1) is 11.4. The van der Waals surface area contributed by atoms with Crippen molar-refractivity contribution in [1.82, 2.24) is 4.98 Å². The highest BCUT2D eigenvalue weighted by Crippen LogP contribution is 2.24. The van der Waals surface area contributed by atoms with Crippen molar-refractivity contribution in [3.8, 4) is 5.75 Å². The summed E-state index contributed by atoms with van der Waals surface area (Å²) >= 11 is 0. The molecule has 5 heteroatoms. The largest absolute Gasteiger partial charge is 0.494 e. The molecule has 1 aromatic carbocycles. The van der Waals surface area contributed by atoms with E-state index in [2.05, 4.69) is 11.9 Å². The number of hydrogen-bond acceptors (Lipinski definition) is 4. The molecule has 0 fully saturated rings. The van der Waals surface area contributed by atoms with Crippen LogP contribution in [0, 0.1) is 0 Å². The summed E-state index contributed by atoms with van der Waals surface area (Å²) in [5.41, 5.74) is 5.65. The van der Waals surface area contributed by atoms with E-state index in [0.717, 1.165) is 23.1 Å². The number of ether oxygens (including phenoxy) is 1. The number of aromatic nitrogens is 1. The number of carbonyl (C=O) groups is 1. The second kappa shape index (κ2) is 8.11. The number of fused-ring (bicyclic) bond motifs is 1. The van der Waals surface area contributed by atoms with Crippen molar-refractivity contribution in [3.05, 3.63) is 36.0 Å². The van der Waals surface area contributed by atoms with Crippen LogP contribution in [0.4, 0.5) is 0 Å². The minimum Gasteiger partial charge on any atom is -0.494 e. The van der Waals surface area contributed by atoms with Crippen molar-refractivity contribution in [2.75, 3.05) is 6.61 Å². The van der Waals surface area contributed by atoms with Crippen molar-refractivity contribution in [2.45, 2.75) is 51.5 Å². The predicted molar refractivity (Wildman–Crippen MR) is 95.2 cm³/mol. The molecule has 2 rings (SSSR count). The number of nitrogens with zero attached hydrogens (tertiary/aromatic N) is 1. The van der Waals surface area contributed by atoms with Crippen LogP contribution in [0.1, 0.15) is 51.5 Å². The third-order valence-electron chi connectivity index (χ3n) is 4.22. The second-order valence-electron chi connectivity index (χ2n) is 6.35. The van der Waals surface area contributed by atoms with Gasteiger partial charge in [-0.15, -0.1) is 0 Å². The monoisotopic (exact) mass is 330 g/mol. The van der Waals surface area contributed by atoms with Gasteiger partial charge in [-0.3, -0.25) is 4.98 Å². The van der Waals surface area contributed by atoms with Crippen LogP contribution in [0.2, 0.25) is 0 Å². The Morgan fingerprint density at radius 1 is 1.25 bits per heavy atom. The van der Waals surface area contributed by atoms with Gasteiger partial charge in [0.1, 0.15) is 11.3 Å². The summed E-state index contributed by atoms with van der Waals surface area (Å²) < 4.78 is 5.77. The van der Waals surface area contributed by atoms with E-state index in [1.54, 1.807) is 6.07 Å². The quantitative estimate of drug-likeness (QED) is 0.682. The fraction of sp³-hybridized carbons (Fsp3) is 0.474. The van der Waals surface area contributed by atoms with E-state index >= 15 is 0 Å². The topological polar surface area (TPSA) is 85.4 Å². The predicted octanol–water partition coefficient (Wildman–Crippen LogP) is 3.84. The van der Waals surface area contributed by atoms with Gasteiger partial charge in [-0.05, 0) is 31.5 Å². The molecule has 0 aliphatic heterocycles. The molecule has 0 saturated carbocycles. The van der Waals surface area contributed by atoms with Gasteiger partial charge in [0.15, 0.2) is 0 Å². The lowest BCUT2D eigenvalue weighted by atomic mass is 9.94. The highest BCUT2D eigenvalue weighted by molar-refractivity contribution is 5.84. The van der Waals surface area contributed by atoms with E-state index in [9.17, 15) is 9.90 Å². The molecule has 130 valence electrons. The first kappa shape index (κ1) is 18.2. The Kier molecular flexibility index (Phi) is 6.15. The van der Waals surface area contributed by atoms with E-state index in [4.69, 9.17) is 10.5 Å². The van der Waals surface area contributed by atoms with Crippen LogP contribution in [-0.2, 0) is 10.3 Å². The Bertz CT molecular complexity index is 698. The van der Waals surface area contributed by atoms with Crippen molar-refractivity contribution in [1.29, 1.82) is 0 Å². The molecule has 0 bridgehead atoms. The van der Waals surface area contributed by atoms with Crippen LogP contribution in [0.25, 0.3) is 10.9 Å². The van der Waals surface area contributed by atoms with Gasteiger partial charge in [-0.2, -0.15) is 0 Å². The summed E-state index contributed by atoms with van der Waals surface area (Å²) in [4.78, 5) is 15.6. The average Bonchev–Trinajstić information content (AvgIpc) is 2.57. The molecule has 24 heavy (non-hydrogen) atoms. The molecular formula is C19H26N2O3. The molecule has 0 radical (unpaired) electrons. The lowest BCUT2D eigenvalue weighted by molar-refractivity contribution is -0.143. The molecule has 5 nitrogen and oxygen atoms in total. The molecule has 0 amide bonds. The minimum atomic E-state index is -1.45. The maximum absolute atomic E-state index is 11.3. The highest BCUT2D eigenvalue weighted by atomic mass is 16.5. The molecule has 0 aliphatic rings. The summed E-state index contributed by atoms with van der Waals surface area (Å²) in [6, 6.07) is 7.41. The third-order valence-corrected chi connectivity index (χ3v) is 4.22. The number of hydrogen-bond donors (Lipinski definition) is 2. The first-order valence-electron chi connectivity index (χ1n) is 8.50. The number of unbranched alkanes of at least 4 members (excludes halogenated alkanes) is 4. The van der Waals surface area contributed by atoms with Crippen molar-refractivity contribution in [3.63, 3.8) is 0 Å². The molecule has 2 aromatic rings. The normalized spacial score (nSPS) is 13.6. The zero-order valence-corrected chi connectivity index (χ0v) is 14.4. The Labute approximate surface area is 142 Å². The number of nitrogens with two attached hydrogens (primary N) is 1. The first-order valence-corrected chi connectivity index (χ1v) is 8.50. The van der Waals surface area contributed by atoms with Crippen molar-refractivity contribution < 1.29 is 14.6 Å². The number of rotatable bonds is 9. The van der Waals surface area contributed by atoms with Crippen LogP contribution in [0.15, 0.2) is 30.5 Å². The lowest BCUT2D eigenvalue weighted by Gasteiger charge is -2.19. The zero-order chi connectivity index (χ0) is 17.6. The fourth-order valence-corrected chi connectivity index (χ4v) is 2.49. The van der Waals surface area contributed by atoms with Crippen molar-refractivity contribution in [2.24, 2.45) is 5.73 Å². The van der Waals surface area contributed by atoms with Crippen molar-refractivity contribution >= 4 is 16.9 Å². The second-order valence-corrected chi connectivity index (χ2v) is 6.35. The van der Waals surface area contributed by atoms with E-state index in [1.807, 2.05) is 18.2 Å². The van der Waals surface area contributed by atoms with Gasteiger partial charge in [0.2, 0.25) is 0 Å². The molecule has 1 heterocycles. The molecule has 0 unspecified atom stereocenters. The standard InChI is InChI=1S/C19H26N2O3/c1-3-4-5-6-7-10-24-16-9-8-14-11-15(13-21-17(14)12-16)19(2,20)18(22)23/h8-9,11-13H,3-7,10,20H2,1-2H3,(H,22,23)/t19-/m1/s1. The van der Waals surface area contributed by atoms with Gasteiger partial charge in [-0.1, -0.05) is 32.6 Å². The van der Waals surface area contributed by atoms with Crippen LogP contribution >= 0.6 is 0 Å². The van der Waals surface area contributed by atoms with Gasteiger partial charge in [0.05, 0.1) is 12.1 Å². The van der Waals surface area contributed by atoms with Crippen LogP contribution in [0.5, 0.6) is 5.75 Å². The van der Waals surface area contributed by atoms with Gasteiger partial charge in [-0.25, -0.2) is 4.79 Å². The number of pyridine rings is 1. The van der Waals surface area contributed by atoms with Gasteiger partial charge in [0, 0.05) is 23.2 Å². The highest BCUT2D eigenvalue weighted by Gasteiger charge is 2.30. The Morgan fingerprint density at radius 2 is 2.00 bits per heavy atom. The average molecular weight is 330 g/mol. The molecule has 0 saturated heterocycles. The summed E-state index contributed by atoms with van der Waals surface area (Å²) in [5, 5.41) is 10.1. The number of aliphatic carboxylic acids is 1. The van der Waals surface area contributed by atoms with Crippen LogP contribution in [0.3, 0.4) is 0 Å². The van der Waals surface area contributed by atoms with E-state index < -0.39 is 11.5 Å². The van der Waals surface area contributed by atoms with Crippen LogP contribution in [-0.4, -0.2) is 22.7 Å². The Balaban J connectivity index is 2.03. The van der Waals surface area contributed by atoms with Gasteiger partial charge in [0.25, 0.3) is 0 Å². The van der Waals surface area contributed by atoms with E-state index in [-0.39, 0.29) is 0 Å². The SMILES string of the molecule is CCCCCCCOc1ccc2cc([C@@](C)(N)C(=O)O)cnc2c1. The molecule has 1 atom stereocenters. The van der Waals surface area contributed by atoms with Gasteiger partial charge < -0.3 is 15.6 Å². The summed E-state index contributed by atoms with van der Waals surface area (Å²) in [6.07, 6.45) is 7.53. The fourth-order valence-electron chi connectivity index (χ4n) is 2.49.